The second-order valence-electron chi connectivity index (χ2n) is 5.04. The lowest BCUT2D eigenvalue weighted by Gasteiger charge is -2.27. The highest BCUT2D eigenvalue weighted by atomic mass is 35.5. The van der Waals surface area contributed by atoms with Crippen LogP contribution >= 0.6 is 11.6 Å². The molecule has 1 aliphatic carbocycles. The third-order valence-electron chi connectivity index (χ3n) is 3.58. The van der Waals surface area contributed by atoms with Crippen molar-refractivity contribution >= 4 is 17.5 Å². The normalized spacial score (nSPS) is 16.4. The van der Waals surface area contributed by atoms with Gasteiger partial charge in [-0.3, -0.25) is 4.79 Å². The molecular weight excluding hydrogens is 248 g/mol. The number of likely N-dealkylation sites (N-methyl/N-ethyl adjacent to an activating group) is 1. The van der Waals surface area contributed by atoms with Gasteiger partial charge in [-0.1, -0.05) is 17.7 Å². The first kappa shape index (κ1) is 13.4. The molecule has 18 heavy (non-hydrogen) atoms. The minimum atomic E-state index is -0.0395. The number of halogens is 1. The van der Waals surface area contributed by atoms with Crippen molar-refractivity contribution in [2.75, 3.05) is 13.6 Å². The third kappa shape index (κ3) is 2.68. The highest BCUT2D eigenvalue weighted by molar-refractivity contribution is 6.33. The zero-order chi connectivity index (χ0) is 13.3. The first-order chi connectivity index (χ1) is 8.54. The molecule has 1 aliphatic rings. The van der Waals surface area contributed by atoms with Crippen LogP contribution in [0.5, 0.6) is 0 Å². The van der Waals surface area contributed by atoms with Crippen molar-refractivity contribution in [2.24, 2.45) is 11.7 Å². The molecule has 98 valence electrons. The molecular formula is C14H19ClN2O. The van der Waals surface area contributed by atoms with Gasteiger partial charge in [0.05, 0.1) is 10.6 Å². The molecule has 3 nitrogen and oxygen atoms in total. The summed E-state index contributed by atoms with van der Waals surface area (Å²) in [5.74, 6) is 0.524. The predicted octanol–water partition coefficient (Wildman–Crippen LogP) is 2.46. The SMILES string of the molecule is Cc1ccc(C(=O)N(C)C(CN)C2CC2)c(Cl)c1. The van der Waals surface area contributed by atoms with Crippen LogP contribution in [0.15, 0.2) is 18.2 Å². The predicted molar refractivity (Wildman–Crippen MR) is 73.8 cm³/mol. The van der Waals surface area contributed by atoms with E-state index in [2.05, 4.69) is 0 Å². The standard InChI is InChI=1S/C14H19ClN2O/c1-9-3-6-11(12(15)7-9)14(18)17(2)13(8-16)10-4-5-10/h3,6-7,10,13H,4-5,8,16H2,1-2H3. The summed E-state index contributed by atoms with van der Waals surface area (Å²) >= 11 is 6.13. The van der Waals surface area contributed by atoms with Crippen LogP contribution in [0.3, 0.4) is 0 Å². The molecule has 0 aromatic heterocycles. The number of nitrogens with two attached hydrogens (primary N) is 1. The molecule has 2 N–H and O–H groups in total. The Bertz CT molecular complexity index is 457. The van der Waals surface area contributed by atoms with Crippen LogP contribution in [-0.4, -0.2) is 30.4 Å². The molecule has 1 unspecified atom stereocenters. The third-order valence-corrected chi connectivity index (χ3v) is 3.89. The van der Waals surface area contributed by atoms with E-state index in [1.807, 2.05) is 26.1 Å². The maximum Gasteiger partial charge on any atom is 0.255 e. The van der Waals surface area contributed by atoms with Crippen molar-refractivity contribution in [1.29, 1.82) is 0 Å². The highest BCUT2D eigenvalue weighted by Gasteiger charge is 2.35. The summed E-state index contributed by atoms with van der Waals surface area (Å²) in [7, 11) is 1.81. The van der Waals surface area contributed by atoms with Crippen molar-refractivity contribution in [1.82, 2.24) is 4.90 Å². The van der Waals surface area contributed by atoms with E-state index < -0.39 is 0 Å². The van der Waals surface area contributed by atoms with Crippen molar-refractivity contribution in [3.05, 3.63) is 34.3 Å². The van der Waals surface area contributed by atoms with Gasteiger partial charge in [-0.15, -0.1) is 0 Å². The molecule has 1 amide bonds. The number of carbonyl (C=O) groups is 1. The highest BCUT2D eigenvalue weighted by Crippen LogP contribution is 2.35. The van der Waals surface area contributed by atoms with Crippen LogP contribution in [0.1, 0.15) is 28.8 Å². The van der Waals surface area contributed by atoms with Gasteiger partial charge in [0.25, 0.3) is 5.91 Å². The minimum Gasteiger partial charge on any atom is -0.337 e. The Morgan fingerprint density at radius 2 is 2.22 bits per heavy atom. The fourth-order valence-corrected chi connectivity index (χ4v) is 2.60. The van der Waals surface area contributed by atoms with E-state index in [0.717, 1.165) is 5.56 Å². The Morgan fingerprint density at radius 1 is 1.56 bits per heavy atom. The molecule has 1 saturated carbocycles. The van der Waals surface area contributed by atoms with E-state index in [1.54, 1.807) is 11.0 Å². The molecule has 0 heterocycles. The Labute approximate surface area is 113 Å². The molecule has 0 spiro atoms. The van der Waals surface area contributed by atoms with Crippen LogP contribution in [0.25, 0.3) is 0 Å². The van der Waals surface area contributed by atoms with E-state index in [4.69, 9.17) is 17.3 Å². The summed E-state index contributed by atoms with van der Waals surface area (Å²) in [4.78, 5) is 14.1. The lowest BCUT2D eigenvalue weighted by atomic mass is 10.1. The van der Waals surface area contributed by atoms with Gasteiger partial charge < -0.3 is 10.6 Å². The monoisotopic (exact) mass is 266 g/mol. The minimum absolute atomic E-state index is 0.0395. The number of aryl methyl sites for hydroxylation is 1. The summed E-state index contributed by atoms with van der Waals surface area (Å²) in [6.45, 7) is 2.47. The van der Waals surface area contributed by atoms with E-state index >= 15 is 0 Å². The smallest absolute Gasteiger partial charge is 0.255 e. The number of hydrogen-bond donors (Lipinski definition) is 1. The molecule has 4 heteroatoms. The summed E-state index contributed by atoms with van der Waals surface area (Å²) in [5, 5.41) is 0.512. The summed E-state index contributed by atoms with van der Waals surface area (Å²) in [5.41, 5.74) is 7.38. The number of rotatable bonds is 4. The lowest BCUT2D eigenvalue weighted by Crippen LogP contribution is -2.43. The van der Waals surface area contributed by atoms with Crippen LogP contribution in [-0.2, 0) is 0 Å². The number of nitrogens with zero attached hydrogens (tertiary/aromatic N) is 1. The van der Waals surface area contributed by atoms with Crippen LogP contribution < -0.4 is 5.73 Å². The average molecular weight is 267 g/mol. The first-order valence-electron chi connectivity index (χ1n) is 6.28. The molecule has 0 bridgehead atoms. The van der Waals surface area contributed by atoms with Gasteiger partial charge in [0.15, 0.2) is 0 Å². The largest absolute Gasteiger partial charge is 0.337 e. The lowest BCUT2D eigenvalue weighted by molar-refractivity contribution is 0.0719. The Balaban J connectivity index is 2.19. The Kier molecular flexibility index (Phi) is 3.93. The fraction of sp³-hybridized carbons (Fsp3) is 0.500. The summed E-state index contributed by atoms with van der Waals surface area (Å²) in [6.07, 6.45) is 2.34. The Morgan fingerprint density at radius 3 is 2.72 bits per heavy atom. The van der Waals surface area contributed by atoms with Crippen LogP contribution in [0.2, 0.25) is 5.02 Å². The number of hydrogen-bond acceptors (Lipinski definition) is 2. The zero-order valence-corrected chi connectivity index (χ0v) is 11.6. The van der Waals surface area contributed by atoms with Gasteiger partial charge in [0, 0.05) is 19.6 Å². The maximum absolute atomic E-state index is 12.4. The quantitative estimate of drug-likeness (QED) is 0.910. The van der Waals surface area contributed by atoms with E-state index in [1.165, 1.54) is 12.8 Å². The second-order valence-corrected chi connectivity index (χ2v) is 5.45. The molecule has 1 fully saturated rings. The van der Waals surface area contributed by atoms with Gasteiger partial charge in [-0.05, 0) is 43.4 Å². The molecule has 0 radical (unpaired) electrons. The second kappa shape index (κ2) is 5.29. The van der Waals surface area contributed by atoms with Crippen molar-refractivity contribution < 1.29 is 4.79 Å². The molecule has 0 aliphatic heterocycles. The van der Waals surface area contributed by atoms with Crippen LogP contribution in [0.4, 0.5) is 0 Å². The molecule has 0 saturated heterocycles. The molecule has 1 aromatic rings. The topological polar surface area (TPSA) is 46.3 Å². The van der Waals surface area contributed by atoms with Crippen molar-refractivity contribution in [3.63, 3.8) is 0 Å². The molecule has 1 atom stereocenters. The summed E-state index contributed by atoms with van der Waals surface area (Å²) in [6, 6.07) is 5.64. The molecule has 2 rings (SSSR count). The first-order valence-corrected chi connectivity index (χ1v) is 6.65. The zero-order valence-electron chi connectivity index (χ0n) is 10.8. The Hall–Kier alpha value is -1.06. The van der Waals surface area contributed by atoms with E-state index in [9.17, 15) is 4.79 Å². The van der Waals surface area contributed by atoms with Crippen molar-refractivity contribution in [2.45, 2.75) is 25.8 Å². The summed E-state index contributed by atoms with van der Waals surface area (Å²) < 4.78 is 0. The van der Waals surface area contributed by atoms with Crippen molar-refractivity contribution in [3.8, 4) is 0 Å². The molecule has 1 aromatic carbocycles. The average Bonchev–Trinajstić information content (AvgIpc) is 3.13. The van der Waals surface area contributed by atoms with Gasteiger partial charge in [0.1, 0.15) is 0 Å². The van der Waals surface area contributed by atoms with Crippen LogP contribution in [0, 0.1) is 12.8 Å². The fourth-order valence-electron chi connectivity index (χ4n) is 2.28. The number of amides is 1. The number of carbonyl (C=O) groups excluding carboxylic acids is 1. The maximum atomic E-state index is 12.4. The number of benzene rings is 1. The van der Waals surface area contributed by atoms with E-state index in [-0.39, 0.29) is 11.9 Å². The van der Waals surface area contributed by atoms with Gasteiger partial charge in [-0.25, -0.2) is 0 Å². The van der Waals surface area contributed by atoms with Gasteiger partial charge in [-0.2, -0.15) is 0 Å². The van der Waals surface area contributed by atoms with E-state index in [0.29, 0.717) is 23.0 Å². The van der Waals surface area contributed by atoms with Gasteiger partial charge in [0.2, 0.25) is 0 Å². The van der Waals surface area contributed by atoms with Gasteiger partial charge >= 0.3 is 0 Å².